The van der Waals surface area contributed by atoms with Crippen LogP contribution in [0.5, 0.6) is 0 Å². The van der Waals surface area contributed by atoms with Crippen molar-refractivity contribution in [2.45, 2.75) is 38.6 Å². The SMILES string of the molecule is CC(c1noc(CC2CCC2)n1)N1CCNCC1. The molecule has 1 saturated carbocycles. The van der Waals surface area contributed by atoms with Gasteiger partial charge in [0.1, 0.15) is 0 Å². The lowest BCUT2D eigenvalue weighted by Crippen LogP contribution is -2.44. The van der Waals surface area contributed by atoms with Gasteiger partial charge in [-0.2, -0.15) is 4.98 Å². The third kappa shape index (κ3) is 2.57. The summed E-state index contributed by atoms with van der Waals surface area (Å²) in [6, 6.07) is 0.269. The fourth-order valence-corrected chi connectivity index (χ4v) is 2.70. The zero-order valence-electron chi connectivity index (χ0n) is 11.1. The maximum absolute atomic E-state index is 5.38. The molecular formula is C13H22N4O. The average Bonchev–Trinajstić information content (AvgIpc) is 2.83. The summed E-state index contributed by atoms with van der Waals surface area (Å²) in [5, 5.41) is 7.52. The van der Waals surface area contributed by atoms with Gasteiger partial charge in [-0.15, -0.1) is 0 Å². The highest BCUT2D eigenvalue weighted by atomic mass is 16.5. The van der Waals surface area contributed by atoms with Gasteiger partial charge in [-0.1, -0.05) is 11.6 Å². The van der Waals surface area contributed by atoms with E-state index in [1.165, 1.54) is 19.3 Å². The van der Waals surface area contributed by atoms with E-state index in [1.807, 2.05) is 0 Å². The van der Waals surface area contributed by atoms with E-state index in [0.29, 0.717) is 0 Å². The van der Waals surface area contributed by atoms with Gasteiger partial charge in [-0.3, -0.25) is 4.90 Å². The molecule has 1 atom stereocenters. The molecule has 1 N–H and O–H groups in total. The second-order valence-electron chi connectivity index (χ2n) is 5.51. The molecule has 1 saturated heterocycles. The van der Waals surface area contributed by atoms with Crippen LogP contribution in [0.1, 0.15) is 43.9 Å². The van der Waals surface area contributed by atoms with Crippen LogP contribution in [0.4, 0.5) is 0 Å². The van der Waals surface area contributed by atoms with Crippen molar-refractivity contribution in [2.75, 3.05) is 26.2 Å². The Balaban J connectivity index is 1.60. The van der Waals surface area contributed by atoms with Crippen LogP contribution in [0.25, 0.3) is 0 Å². The van der Waals surface area contributed by atoms with Crippen molar-refractivity contribution in [3.05, 3.63) is 11.7 Å². The number of hydrogen-bond donors (Lipinski definition) is 1. The fourth-order valence-electron chi connectivity index (χ4n) is 2.70. The second-order valence-corrected chi connectivity index (χ2v) is 5.51. The number of rotatable bonds is 4. The third-order valence-corrected chi connectivity index (χ3v) is 4.24. The molecule has 18 heavy (non-hydrogen) atoms. The van der Waals surface area contributed by atoms with Crippen molar-refractivity contribution < 1.29 is 4.52 Å². The molecule has 2 fully saturated rings. The summed E-state index contributed by atoms with van der Waals surface area (Å²) < 4.78 is 5.38. The summed E-state index contributed by atoms with van der Waals surface area (Å²) in [6.45, 7) is 6.40. The van der Waals surface area contributed by atoms with Gasteiger partial charge in [0.2, 0.25) is 5.89 Å². The predicted molar refractivity (Wildman–Crippen MR) is 68.2 cm³/mol. The summed E-state index contributed by atoms with van der Waals surface area (Å²) >= 11 is 0. The van der Waals surface area contributed by atoms with Crippen molar-refractivity contribution in [2.24, 2.45) is 5.92 Å². The highest BCUT2D eigenvalue weighted by molar-refractivity contribution is 4.95. The normalized spacial score (nSPS) is 23.8. The van der Waals surface area contributed by atoms with E-state index in [9.17, 15) is 0 Å². The van der Waals surface area contributed by atoms with Gasteiger partial charge >= 0.3 is 0 Å². The standard InChI is InChI=1S/C13H22N4O/c1-10(17-7-5-14-6-8-17)13-15-12(18-16-13)9-11-3-2-4-11/h10-11,14H,2-9H2,1H3. The topological polar surface area (TPSA) is 54.2 Å². The van der Waals surface area contributed by atoms with E-state index in [2.05, 4.69) is 27.3 Å². The van der Waals surface area contributed by atoms with E-state index in [1.54, 1.807) is 0 Å². The molecular weight excluding hydrogens is 228 g/mol. The molecule has 1 aliphatic heterocycles. The molecule has 1 aliphatic carbocycles. The molecule has 0 spiro atoms. The monoisotopic (exact) mass is 250 g/mol. The molecule has 1 unspecified atom stereocenters. The fraction of sp³-hybridized carbons (Fsp3) is 0.846. The first-order chi connectivity index (χ1) is 8.83. The minimum absolute atomic E-state index is 0.269. The molecule has 3 rings (SSSR count). The quantitative estimate of drug-likeness (QED) is 0.875. The zero-order chi connectivity index (χ0) is 12.4. The lowest BCUT2D eigenvalue weighted by atomic mass is 9.83. The van der Waals surface area contributed by atoms with Crippen LogP contribution in [0.3, 0.4) is 0 Å². The van der Waals surface area contributed by atoms with Crippen molar-refractivity contribution in [3.8, 4) is 0 Å². The molecule has 1 aromatic rings. The number of aromatic nitrogens is 2. The Labute approximate surface area is 108 Å². The van der Waals surface area contributed by atoms with Crippen molar-refractivity contribution in [1.29, 1.82) is 0 Å². The molecule has 2 aliphatic rings. The summed E-state index contributed by atoms with van der Waals surface area (Å²) in [4.78, 5) is 6.98. The van der Waals surface area contributed by atoms with Gasteiger partial charge in [0.05, 0.1) is 6.04 Å². The molecule has 2 heterocycles. The van der Waals surface area contributed by atoms with Crippen molar-refractivity contribution >= 4 is 0 Å². The average molecular weight is 250 g/mol. The Morgan fingerprint density at radius 3 is 2.83 bits per heavy atom. The molecule has 5 nitrogen and oxygen atoms in total. The van der Waals surface area contributed by atoms with Crippen LogP contribution in [-0.4, -0.2) is 41.2 Å². The zero-order valence-corrected chi connectivity index (χ0v) is 11.1. The number of hydrogen-bond acceptors (Lipinski definition) is 5. The van der Waals surface area contributed by atoms with E-state index in [-0.39, 0.29) is 6.04 Å². The Morgan fingerprint density at radius 1 is 1.39 bits per heavy atom. The molecule has 5 heteroatoms. The molecule has 0 aromatic carbocycles. The molecule has 0 radical (unpaired) electrons. The van der Waals surface area contributed by atoms with Crippen molar-refractivity contribution in [3.63, 3.8) is 0 Å². The number of nitrogens with zero attached hydrogens (tertiary/aromatic N) is 3. The lowest BCUT2D eigenvalue weighted by Gasteiger charge is -2.30. The number of nitrogens with one attached hydrogen (secondary N) is 1. The van der Waals surface area contributed by atoms with E-state index in [4.69, 9.17) is 4.52 Å². The summed E-state index contributed by atoms with van der Waals surface area (Å²) in [5.41, 5.74) is 0. The first-order valence-corrected chi connectivity index (χ1v) is 7.10. The summed E-state index contributed by atoms with van der Waals surface area (Å²) in [6.07, 6.45) is 4.99. The lowest BCUT2D eigenvalue weighted by molar-refractivity contribution is 0.176. The minimum atomic E-state index is 0.269. The number of piperazine rings is 1. The summed E-state index contributed by atoms with van der Waals surface area (Å²) in [5.74, 6) is 2.47. The van der Waals surface area contributed by atoms with Crippen LogP contribution in [0.2, 0.25) is 0 Å². The van der Waals surface area contributed by atoms with E-state index >= 15 is 0 Å². The maximum Gasteiger partial charge on any atom is 0.226 e. The van der Waals surface area contributed by atoms with Crippen LogP contribution in [-0.2, 0) is 6.42 Å². The molecule has 0 bridgehead atoms. The van der Waals surface area contributed by atoms with Gasteiger partial charge in [0, 0.05) is 32.6 Å². The Bertz CT molecular complexity index is 382. The van der Waals surface area contributed by atoms with Crippen LogP contribution in [0, 0.1) is 5.92 Å². The highest BCUT2D eigenvalue weighted by Gasteiger charge is 2.24. The maximum atomic E-state index is 5.38. The van der Waals surface area contributed by atoms with Gasteiger partial charge in [-0.05, 0) is 25.7 Å². The van der Waals surface area contributed by atoms with E-state index in [0.717, 1.165) is 50.2 Å². The van der Waals surface area contributed by atoms with Crippen LogP contribution >= 0.6 is 0 Å². The second kappa shape index (κ2) is 5.36. The van der Waals surface area contributed by atoms with Crippen LogP contribution < -0.4 is 5.32 Å². The predicted octanol–water partition coefficient (Wildman–Crippen LogP) is 1.38. The molecule has 100 valence electrons. The van der Waals surface area contributed by atoms with Crippen LogP contribution in [0.15, 0.2) is 4.52 Å². The Morgan fingerprint density at radius 2 is 2.17 bits per heavy atom. The minimum Gasteiger partial charge on any atom is -0.339 e. The first-order valence-electron chi connectivity index (χ1n) is 7.10. The van der Waals surface area contributed by atoms with Crippen molar-refractivity contribution in [1.82, 2.24) is 20.4 Å². The van der Waals surface area contributed by atoms with E-state index < -0.39 is 0 Å². The van der Waals surface area contributed by atoms with Gasteiger partial charge < -0.3 is 9.84 Å². The van der Waals surface area contributed by atoms with Gasteiger partial charge in [-0.25, -0.2) is 0 Å². The van der Waals surface area contributed by atoms with Gasteiger partial charge in [0.25, 0.3) is 0 Å². The Kier molecular flexibility index (Phi) is 3.61. The Hall–Kier alpha value is -0.940. The molecule has 1 aromatic heterocycles. The third-order valence-electron chi connectivity index (χ3n) is 4.24. The summed E-state index contributed by atoms with van der Waals surface area (Å²) in [7, 11) is 0. The van der Waals surface area contributed by atoms with Gasteiger partial charge in [0.15, 0.2) is 5.82 Å². The largest absolute Gasteiger partial charge is 0.339 e. The highest BCUT2D eigenvalue weighted by Crippen LogP contribution is 2.29. The first kappa shape index (κ1) is 12.1. The smallest absolute Gasteiger partial charge is 0.226 e. The molecule has 0 amide bonds.